The molecule has 0 bridgehead atoms. The summed E-state index contributed by atoms with van der Waals surface area (Å²) >= 11 is 0. The van der Waals surface area contributed by atoms with E-state index in [1.165, 1.54) is 18.4 Å². The summed E-state index contributed by atoms with van der Waals surface area (Å²) in [6.45, 7) is 0.777. The molecule has 1 amide bonds. The molecule has 0 radical (unpaired) electrons. The summed E-state index contributed by atoms with van der Waals surface area (Å²) in [7, 11) is 1.71. The van der Waals surface area contributed by atoms with Gasteiger partial charge >= 0.3 is 0 Å². The number of carbonyl (C=O) groups excluding carboxylic acids is 1. The zero-order chi connectivity index (χ0) is 13.9. The quantitative estimate of drug-likeness (QED) is 0.880. The van der Waals surface area contributed by atoms with Gasteiger partial charge in [-0.15, -0.1) is 0 Å². The number of hydrogen-bond acceptors (Lipinski definition) is 3. The molecule has 108 valence electrons. The van der Waals surface area contributed by atoms with E-state index in [4.69, 9.17) is 4.74 Å². The Bertz CT molecular complexity index is 473. The monoisotopic (exact) mass is 274 g/mol. The zero-order valence-corrected chi connectivity index (χ0v) is 11.9. The second kappa shape index (κ2) is 5.83. The molecule has 4 heteroatoms. The van der Waals surface area contributed by atoms with Crippen molar-refractivity contribution in [3.8, 4) is 5.75 Å². The molecule has 1 aromatic rings. The van der Waals surface area contributed by atoms with Crippen LogP contribution in [0.3, 0.4) is 0 Å². The molecule has 1 saturated heterocycles. The standard InChI is InChI=1S/C16H22N2O2/c1-20-15-4-2-3-11(9-15)12-7-14(8-12)18-13-5-6-16(19)17-10-13/h2-4,9,12-14,18H,5-8,10H2,1H3,(H,17,19). The number of piperidine rings is 1. The van der Waals surface area contributed by atoms with Crippen molar-refractivity contribution in [2.75, 3.05) is 13.7 Å². The molecule has 2 aliphatic rings. The van der Waals surface area contributed by atoms with E-state index in [1.54, 1.807) is 7.11 Å². The van der Waals surface area contributed by atoms with Gasteiger partial charge in [-0.25, -0.2) is 0 Å². The number of rotatable bonds is 4. The van der Waals surface area contributed by atoms with Crippen molar-refractivity contribution in [3.63, 3.8) is 0 Å². The largest absolute Gasteiger partial charge is 0.497 e. The van der Waals surface area contributed by atoms with Crippen LogP contribution in [0.4, 0.5) is 0 Å². The minimum absolute atomic E-state index is 0.186. The van der Waals surface area contributed by atoms with E-state index in [0.717, 1.165) is 18.7 Å². The third kappa shape index (κ3) is 2.96. The molecule has 1 heterocycles. The van der Waals surface area contributed by atoms with Gasteiger partial charge in [-0.2, -0.15) is 0 Å². The lowest BCUT2D eigenvalue weighted by molar-refractivity contribution is -0.122. The summed E-state index contributed by atoms with van der Waals surface area (Å²) in [6, 6.07) is 9.41. The number of methoxy groups -OCH3 is 1. The summed E-state index contributed by atoms with van der Waals surface area (Å²) in [5, 5.41) is 6.58. The fraction of sp³-hybridized carbons (Fsp3) is 0.562. The number of hydrogen-bond donors (Lipinski definition) is 2. The highest BCUT2D eigenvalue weighted by atomic mass is 16.5. The summed E-state index contributed by atoms with van der Waals surface area (Å²) in [5.41, 5.74) is 1.37. The van der Waals surface area contributed by atoms with E-state index < -0.39 is 0 Å². The van der Waals surface area contributed by atoms with Crippen LogP contribution in [0.15, 0.2) is 24.3 Å². The van der Waals surface area contributed by atoms with Crippen LogP contribution >= 0.6 is 0 Å². The van der Waals surface area contributed by atoms with E-state index in [2.05, 4.69) is 28.8 Å². The Morgan fingerprint density at radius 2 is 2.15 bits per heavy atom. The Kier molecular flexibility index (Phi) is 3.92. The lowest BCUT2D eigenvalue weighted by atomic mass is 9.75. The Labute approximate surface area is 119 Å². The van der Waals surface area contributed by atoms with Gasteiger partial charge in [-0.1, -0.05) is 12.1 Å². The number of ether oxygens (including phenoxy) is 1. The molecule has 1 aliphatic heterocycles. The number of amides is 1. The Morgan fingerprint density at radius 3 is 2.85 bits per heavy atom. The van der Waals surface area contributed by atoms with Crippen LogP contribution in [0.2, 0.25) is 0 Å². The van der Waals surface area contributed by atoms with Crippen molar-refractivity contribution in [1.29, 1.82) is 0 Å². The zero-order valence-electron chi connectivity index (χ0n) is 11.9. The molecule has 3 rings (SSSR count). The molecule has 1 aromatic carbocycles. The van der Waals surface area contributed by atoms with Gasteiger partial charge < -0.3 is 15.4 Å². The van der Waals surface area contributed by atoms with Gasteiger partial charge in [0.1, 0.15) is 5.75 Å². The average molecular weight is 274 g/mol. The Hall–Kier alpha value is -1.55. The molecule has 2 N–H and O–H groups in total. The van der Waals surface area contributed by atoms with Crippen LogP contribution in [-0.4, -0.2) is 31.6 Å². The van der Waals surface area contributed by atoms with Crippen LogP contribution in [0.5, 0.6) is 5.75 Å². The molecular formula is C16H22N2O2. The van der Waals surface area contributed by atoms with E-state index in [1.807, 2.05) is 6.07 Å². The fourth-order valence-corrected chi connectivity index (χ4v) is 3.13. The predicted molar refractivity (Wildman–Crippen MR) is 77.9 cm³/mol. The molecule has 2 fully saturated rings. The van der Waals surface area contributed by atoms with Gasteiger partial charge in [-0.05, 0) is 42.9 Å². The van der Waals surface area contributed by atoms with Crippen molar-refractivity contribution in [1.82, 2.24) is 10.6 Å². The van der Waals surface area contributed by atoms with Crippen molar-refractivity contribution < 1.29 is 9.53 Å². The van der Waals surface area contributed by atoms with Crippen molar-refractivity contribution >= 4 is 5.91 Å². The smallest absolute Gasteiger partial charge is 0.220 e. The molecule has 0 aromatic heterocycles. The van der Waals surface area contributed by atoms with Gasteiger partial charge in [0, 0.05) is 25.0 Å². The average Bonchev–Trinajstić information content (AvgIpc) is 2.44. The second-order valence-corrected chi connectivity index (χ2v) is 5.85. The first kappa shape index (κ1) is 13.4. The van der Waals surface area contributed by atoms with E-state index in [9.17, 15) is 4.79 Å². The van der Waals surface area contributed by atoms with Gasteiger partial charge in [0.05, 0.1) is 7.11 Å². The third-order valence-corrected chi connectivity index (χ3v) is 4.44. The highest BCUT2D eigenvalue weighted by Crippen LogP contribution is 2.38. The topological polar surface area (TPSA) is 50.4 Å². The first-order valence-corrected chi connectivity index (χ1v) is 7.41. The Morgan fingerprint density at radius 1 is 1.30 bits per heavy atom. The van der Waals surface area contributed by atoms with E-state index >= 15 is 0 Å². The first-order chi connectivity index (χ1) is 9.74. The highest BCUT2D eigenvalue weighted by Gasteiger charge is 2.32. The highest BCUT2D eigenvalue weighted by molar-refractivity contribution is 5.76. The predicted octanol–water partition coefficient (Wildman–Crippen LogP) is 1.81. The summed E-state index contributed by atoms with van der Waals surface area (Å²) in [4.78, 5) is 11.1. The van der Waals surface area contributed by atoms with Gasteiger partial charge in [0.2, 0.25) is 5.91 Å². The molecular weight excluding hydrogens is 252 g/mol. The SMILES string of the molecule is COc1cccc(C2CC(NC3CCC(=O)NC3)C2)c1. The number of nitrogens with one attached hydrogen (secondary N) is 2. The van der Waals surface area contributed by atoms with Crippen LogP contribution in [0, 0.1) is 0 Å². The van der Waals surface area contributed by atoms with E-state index in [0.29, 0.717) is 24.4 Å². The minimum Gasteiger partial charge on any atom is -0.497 e. The first-order valence-electron chi connectivity index (χ1n) is 7.41. The van der Waals surface area contributed by atoms with Gasteiger partial charge in [0.15, 0.2) is 0 Å². The molecule has 1 atom stereocenters. The van der Waals surface area contributed by atoms with Crippen molar-refractivity contribution in [2.24, 2.45) is 0 Å². The normalized spacial score (nSPS) is 29.4. The maximum atomic E-state index is 11.1. The van der Waals surface area contributed by atoms with Crippen LogP contribution < -0.4 is 15.4 Å². The lowest BCUT2D eigenvalue weighted by Crippen LogP contribution is -2.52. The molecule has 1 unspecified atom stereocenters. The Balaban J connectivity index is 1.47. The molecule has 4 nitrogen and oxygen atoms in total. The summed E-state index contributed by atoms with van der Waals surface area (Å²) in [6.07, 6.45) is 3.98. The fourth-order valence-electron chi connectivity index (χ4n) is 3.13. The molecule has 0 spiro atoms. The van der Waals surface area contributed by atoms with Crippen LogP contribution in [0.25, 0.3) is 0 Å². The summed E-state index contributed by atoms with van der Waals surface area (Å²) < 4.78 is 5.28. The van der Waals surface area contributed by atoms with Crippen molar-refractivity contribution in [3.05, 3.63) is 29.8 Å². The van der Waals surface area contributed by atoms with Gasteiger partial charge in [0.25, 0.3) is 0 Å². The molecule has 1 aliphatic carbocycles. The van der Waals surface area contributed by atoms with Gasteiger partial charge in [-0.3, -0.25) is 4.79 Å². The second-order valence-electron chi connectivity index (χ2n) is 5.85. The van der Waals surface area contributed by atoms with Crippen LogP contribution in [-0.2, 0) is 4.79 Å². The van der Waals surface area contributed by atoms with Crippen LogP contribution in [0.1, 0.15) is 37.2 Å². The lowest BCUT2D eigenvalue weighted by Gasteiger charge is -2.39. The third-order valence-electron chi connectivity index (χ3n) is 4.44. The molecule has 20 heavy (non-hydrogen) atoms. The summed E-state index contributed by atoms with van der Waals surface area (Å²) in [5.74, 6) is 1.76. The maximum Gasteiger partial charge on any atom is 0.220 e. The minimum atomic E-state index is 0.186. The van der Waals surface area contributed by atoms with E-state index in [-0.39, 0.29) is 5.91 Å². The van der Waals surface area contributed by atoms with Crippen molar-refractivity contribution in [2.45, 2.75) is 43.7 Å². The molecule has 1 saturated carbocycles. The number of carbonyl (C=O) groups is 1. The maximum absolute atomic E-state index is 11.1. The number of benzene rings is 1.